The summed E-state index contributed by atoms with van der Waals surface area (Å²) in [4.78, 5) is 24.3. The van der Waals surface area contributed by atoms with Crippen molar-refractivity contribution in [3.63, 3.8) is 0 Å². The molecule has 0 aliphatic heterocycles. The summed E-state index contributed by atoms with van der Waals surface area (Å²) >= 11 is 1.40. The Morgan fingerprint density at radius 2 is 2.35 bits per heavy atom. The molecule has 0 unspecified atom stereocenters. The zero-order chi connectivity index (χ0) is 12.3. The number of nitrogens with zero attached hydrogens (tertiary/aromatic N) is 3. The van der Waals surface area contributed by atoms with Gasteiger partial charge in [-0.15, -0.1) is 11.3 Å². The molecule has 2 rings (SSSR count). The van der Waals surface area contributed by atoms with Crippen LogP contribution >= 0.6 is 11.3 Å². The molecule has 0 aromatic carbocycles. The summed E-state index contributed by atoms with van der Waals surface area (Å²) in [5.41, 5.74) is 7.55. The van der Waals surface area contributed by atoms with Crippen molar-refractivity contribution < 1.29 is 9.53 Å². The SMILES string of the molecule is CCOC(=O)c1cnc(-c2cncs2)nc1N. The van der Waals surface area contributed by atoms with Crippen molar-refractivity contribution in [2.45, 2.75) is 6.92 Å². The monoisotopic (exact) mass is 250 g/mol. The zero-order valence-electron chi connectivity index (χ0n) is 9.08. The van der Waals surface area contributed by atoms with Crippen molar-refractivity contribution >= 4 is 23.1 Å². The van der Waals surface area contributed by atoms with Gasteiger partial charge in [0, 0.05) is 12.4 Å². The van der Waals surface area contributed by atoms with Crippen LogP contribution in [0.3, 0.4) is 0 Å². The van der Waals surface area contributed by atoms with E-state index in [0.29, 0.717) is 5.82 Å². The molecule has 2 aromatic rings. The molecule has 2 heterocycles. The molecule has 0 radical (unpaired) electrons. The third-order valence-corrected chi connectivity index (χ3v) is 2.74. The van der Waals surface area contributed by atoms with Crippen molar-refractivity contribution in [2.24, 2.45) is 0 Å². The number of carbonyl (C=O) groups is 1. The van der Waals surface area contributed by atoms with Gasteiger partial charge in [-0.1, -0.05) is 0 Å². The molecule has 2 N–H and O–H groups in total. The molecule has 7 heteroatoms. The first kappa shape index (κ1) is 11.5. The van der Waals surface area contributed by atoms with E-state index in [1.807, 2.05) is 0 Å². The van der Waals surface area contributed by atoms with Crippen LogP contribution in [0, 0.1) is 0 Å². The Bertz CT molecular complexity index is 527. The Morgan fingerprint density at radius 1 is 1.53 bits per heavy atom. The van der Waals surface area contributed by atoms with Crippen LogP contribution in [0.25, 0.3) is 10.7 Å². The maximum atomic E-state index is 11.5. The fourth-order valence-electron chi connectivity index (χ4n) is 1.21. The number of carbonyl (C=O) groups excluding carboxylic acids is 1. The second kappa shape index (κ2) is 4.88. The van der Waals surface area contributed by atoms with E-state index in [0.717, 1.165) is 4.88 Å². The number of nitrogen functional groups attached to an aromatic ring is 1. The molecular weight excluding hydrogens is 240 g/mol. The lowest BCUT2D eigenvalue weighted by Crippen LogP contribution is -2.10. The van der Waals surface area contributed by atoms with Gasteiger partial charge in [-0.3, -0.25) is 4.98 Å². The van der Waals surface area contributed by atoms with Crippen LogP contribution in [-0.4, -0.2) is 27.5 Å². The molecule has 0 aliphatic carbocycles. The number of hydrogen-bond donors (Lipinski definition) is 1. The first-order valence-electron chi connectivity index (χ1n) is 4.91. The maximum absolute atomic E-state index is 11.5. The molecule has 0 saturated heterocycles. The van der Waals surface area contributed by atoms with Gasteiger partial charge < -0.3 is 10.5 Å². The van der Waals surface area contributed by atoms with E-state index in [1.54, 1.807) is 18.6 Å². The molecule has 88 valence electrons. The van der Waals surface area contributed by atoms with Gasteiger partial charge in [-0.05, 0) is 6.92 Å². The van der Waals surface area contributed by atoms with Gasteiger partial charge in [0.2, 0.25) is 0 Å². The molecule has 0 spiro atoms. The second-order valence-corrected chi connectivity index (χ2v) is 3.97. The molecule has 0 aliphatic rings. The molecule has 0 saturated carbocycles. The van der Waals surface area contributed by atoms with Crippen molar-refractivity contribution in [2.75, 3.05) is 12.3 Å². The fraction of sp³-hybridized carbons (Fsp3) is 0.200. The Morgan fingerprint density at radius 3 is 2.94 bits per heavy atom. The second-order valence-electron chi connectivity index (χ2n) is 3.08. The first-order chi connectivity index (χ1) is 8.22. The molecule has 0 fully saturated rings. The number of thiazole rings is 1. The van der Waals surface area contributed by atoms with Gasteiger partial charge in [0.25, 0.3) is 0 Å². The number of anilines is 1. The van der Waals surface area contributed by atoms with E-state index in [9.17, 15) is 4.79 Å². The minimum absolute atomic E-state index is 0.113. The third kappa shape index (κ3) is 2.39. The van der Waals surface area contributed by atoms with E-state index in [-0.39, 0.29) is 18.0 Å². The summed E-state index contributed by atoms with van der Waals surface area (Å²) in [6.45, 7) is 2.01. The average molecular weight is 250 g/mol. The van der Waals surface area contributed by atoms with Crippen molar-refractivity contribution in [3.8, 4) is 10.7 Å². The van der Waals surface area contributed by atoms with Crippen LogP contribution in [0.4, 0.5) is 5.82 Å². The third-order valence-electron chi connectivity index (χ3n) is 1.97. The van der Waals surface area contributed by atoms with E-state index in [4.69, 9.17) is 10.5 Å². The van der Waals surface area contributed by atoms with Crippen LogP contribution in [0.15, 0.2) is 17.9 Å². The summed E-state index contributed by atoms with van der Waals surface area (Å²) in [5, 5.41) is 0. The zero-order valence-corrected chi connectivity index (χ0v) is 9.90. The van der Waals surface area contributed by atoms with Gasteiger partial charge in [-0.25, -0.2) is 14.8 Å². The van der Waals surface area contributed by atoms with Gasteiger partial charge in [-0.2, -0.15) is 0 Å². The molecule has 0 amide bonds. The minimum atomic E-state index is -0.513. The predicted molar refractivity (Wildman–Crippen MR) is 63.5 cm³/mol. The molecular formula is C10H10N4O2S. The van der Waals surface area contributed by atoms with E-state index < -0.39 is 5.97 Å². The summed E-state index contributed by atoms with van der Waals surface area (Å²) < 4.78 is 4.83. The number of esters is 1. The first-order valence-corrected chi connectivity index (χ1v) is 5.78. The predicted octanol–water partition coefficient (Wildman–Crippen LogP) is 1.36. The highest BCUT2D eigenvalue weighted by Crippen LogP contribution is 2.21. The number of ether oxygens (including phenoxy) is 1. The minimum Gasteiger partial charge on any atom is -0.462 e. The summed E-state index contributed by atoms with van der Waals surface area (Å²) in [5.74, 6) is 0.0563. The lowest BCUT2D eigenvalue weighted by atomic mass is 10.3. The standard InChI is InChI=1S/C10H10N4O2S/c1-2-16-10(15)6-3-13-9(14-8(6)11)7-4-12-5-17-7/h3-5H,2H2,1H3,(H2,11,13,14). The van der Waals surface area contributed by atoms with Gasteiger partial charge >= 0.3 is 5.97 Å². The number of nitrogens with two attached hydrogens (primary N) is 1. The van der Waals surface area contributed by atoms with E-state index >= 15 is 0 Å². The van der Waals surface area contributed by atoms with Crippen molar-refractivity contribution in [3.05, 3.63) is 23.5 Å². The molecule has 6 nitrogen and oxygen atoms in total. The maximum Gasteiger partial charge on any atom is 0.343 e. The topological polar surface area (TPSA) is 91.0 Å². The van der Waals surface area contributed by atoms with Crippen molar-refractivity contribution in [1.29, 1.82) is 0 Å². The Labute approximate surface area is 101 Å². The highest BCUT2D eigenvalue weighted by atomic mass is 32.1. The number of hydrogen-bond acceptors (Lipinski definition) is 7. The van der Waals surface area contributed by atoms with E-state index in [1.165, 1.54) is 17.5 Å². The Balaban J connectivity index is 2.32. The van der Waals surface area contributed by atoms with Crippen molar-refractivity contribution in [1.82, 2.24) is 15.0 Å². The summed E-state index contributed by atoms with van der Waals surface area (Å²) in [6.07, 6.45) is 3.01. The Kier molecular flexibility index (Phi) is 3.29. The normalized spacial score (nSPS) is 10.2. The summed E-state index contributed by atoms with van der Waals surface area (Å²) in [7, 11) is 0. The number of aromatic nitrogens is 3. The van der Waals surface area contributed by atoms with Crippen LogP contribution in [0.2, 0.25) is 0 Å². The molecule has 17 heavy (non-hydrogen) atoms. The molecule has 0 atom stereocenters. The average Bonchev–Trinajstić information content (AvgIpc) is 2.82. The molecule has 2 aromatic heterocycles. The highest BCUT2D eigenvalue weighted by Gasteiger charge is 2.14. The largest absolute Gasteiger partial charge is 0.462 e. The lowest BCUT2D eigenvalue weighted by Gasteiger charge is -2.04. The van der Waals surface area contributed by atoms with Gasteiger partial charge in [0.05, 0.1) is 17.0 Å². The van der Waals surface area contributed by atoms with Crippen LogP contribution in [0.5, 0.6) is 0 Å². The van der Waals surface area contributed by atoms with Gasteiger partial charge in [0.15, 0.2) is 5.82 Å². The fourth-order valence-corrected chi connectivity index (χ4v) is 1.77. The molecule has 0 bridgehead atoms. The van der Waals surface area contributed by atoms with Crippen LogP contribution in [-0.2, 0) is 4.74 Å². The van der Waals surface area contributed by atoms with E-state index in [2.05, 4.69) is 15.0 Å². The van der Waals surface area contributed by atoms with Gasteiger partial charge in [0.1, 0.15) is 11.4 Å². The highest BCUT2D eigenvalue weighted by molar-refractivity contribution is 7.13. The Hall–Kier alpha value is -2.02. The summed E-state index contributed by atoms with van der Waals surface area (Å²) in [6, 6.07) is 0. The lowest BCUT2D eigenvalue weighted by molar-refractivity contribution is 0.0527. The quantitative estimate of drug-likeness (QED) is 0.827. The van der Waals surface area contributed by atoms with Crippen LogP contribution in [0.1, 0.15) is 17.3 Å². The number of rotatable bonds is 3. The smallest absolute Gasteiger partial charge is 0.343 e. The van der Waals surface area contributed by atoms with Crippen LogP contribution < -0.4 is 5.73 Å².